The summed E-state index contributed by atoms with van der Waals surface area (Å²) in [7, 11) is 1.62. The molecule has 0 spiro atoms. The van der Waals surface area contributed by atoms with Gasteiger partial charge in [-0.05, 0) is 87.5 Å². The Morgan fingerprint density at radius 1 is 1.11 bits per heavy atom. The summed E-state index contributed by atoms with van der Waals surface area (Å²) in [6.45, 7) is 1.89. The molecule has 1 aromatic carbocycles. The number of thioether (sulfide) groups is 1. The van der Waals surface area contributed by atoms with Crippen molar-refractivity contribution < 1.29 is 13.9 Å². The fourth-order valence-electron chi connectivity index (χ4n) is 6.04. The van der Waals surface area contributed by atoms with Gasteiger partial charge < -0.3 is 9.15 Å². The van der Waals surface area contributed by atoms with Crippen LogP contribution < -0.4 is 4.74 Å². The van der Waals surface area contributed by atoms with Crippen LogP contribution in [0.5, 0.6) is 5.75 Å². The normalized spacial score (nSPS) is 31.7. The lowest BCUT2D eigenvalue weighted by atomic mass is 9.49. The van der Waals surface area contributed by atoms with Gasteiger partial charge in [-0.2, -0.15) is 0 Å². The van der Waals surface area contributed by atoms with Crippen LogP contribution in [0.15, 0.2) is 33.9 Å². The first-order chi connectivity index (χ1) is 13.5. The van der Waals surface area contributed by atoms with E-state index >= 15 is 0 Å². The molecule has 1 aromatic heterocycles. The third-order valence-corrected chi connectivity index (χ3v) is 7.85. The van der Waals surface area contributed by atoms with Gasteiger partial charge in [-0.3, -0.25) is 4.79 Å². The van der Waals surface area contributed by atoms with E-state index in [0.717, 1.165) is 29.4 Å². The molecule has 5 nitrogen and oxygen atoms in total. The van der Waals surface area contributed by atoms with Crippen LogP contribution in [0.25, 0.3) is 0 Å². The zero-order valence-corrected chi connectivity index (χ0v) is 17.2. The lowest BCUT2D eigenvalue weighted by Gasteiger charge is -2.55. The molecule has 1 heterocycles. The third kappa shape index (κ3) is 3.15. The van der Waals surface area contributed by atoms with E-state index in [-0.39, 0.29) is 16.4 Å². The highest BCUT2D eigenvalue weighted by Crippen LogP contribution is 2.60. The zero-order chi connectivity index (χ0) is 19.3. The summed E-state index contributed by atoms with van der Waals surface area (Å²) in [6.07, 6.45) is 7.77. The summed E-state index contributed by atoms with van der Waals surface area (Å²) in [4.78, 5) is 12.7. The van der Waals surface area contributed by atoms with Crippen molar-refractivity contribution >= 4 is 17.5 Å². The zero-order valence-electron chi connectivity index (χ0n) is 16.4. The molecule has 0 aliphatic heterocycles. The number of ether oxygens (including phenoxy) is 1. The Balaban J connectivity index is 1.29. The molecule has 28 heavy (non-hydrogen) atoms. The molecule has 2 aromatic rings. The van der Waals surface area contributed by atoms with E-state index in [1.54, 1.807) is 19.2 Å². The largest absolute Gasteiger partial charge is 0.497 e. The Hall–Kier alpha value is -1.82. The minimum atomic E-state index is -0.280. The van der Waals surface area contributed by atoms with Crippen LogP contribution in [0.3, 0.4) is 0 Å². The minimum absolute atomic E-state index is 0.0576. The molecule has 0 N–H and O–H groups in total. The molecule has 4 aliphatic carbocycles. The molecule has 1 atom stereocenters. The van der Waals surface area contributed by atoms with E-state index < -0.39 is 0 Å². The Morgan fingerprint density at radius 2 is 1.71 bits per heavy atom. The highest BCUT2D eigenvalue weighted by atomic mass is 32.2. The molecule has 6 rings (SSSR count). The molecular weight excluding hydrogens is 372 g/mol. The highest BCUT2D eigenvalue weighted by molar-refractivity contribution is 8.00. The number of nitrogens with zero attached hydrogens (tertiary/aromatic N) is 2. The molecule has 6 heteroatoms. The van der Waals surface area contributed by atoms with E-state index in [0.29, 0.717) is 10.8 Å². The summed E-state index contributed by atoms with van der Waals surface area (Å²) in [6, 6.07) is 7.21. The summed E-state index contributed by atoms with van der Waals surface area (Å²) in [5.74, 6) is 4.13. The van der Waals surface area contributed by atoms with Gasteiger partial charge in [-0.1, -0.05) is 11.8 Å². The predicted molar refractivity (Wildman–Crippen MR) is 107 cm³/mol. The molecule has 4 saturated carbocycles. The van der Waals surface area contributed by atoms with Gasteiger partial charge >= 0.3 is 0 Å². The van der Waals surface area contributed by atoms with Gasteiger partial charge in [-0.25, -0.2) is 0 Å². The lowest BCUT2D eigenvalue weighted by Crippen LogP contribution is -2.48. The second kappa shape index (κ2) is 6.90. The number of aromatic nitrogens is 2. The summed E-state index contributed by atoms with van der Waals surface area (Å²) >= 11 is 1.36. The summed E-state index contributed by atoms with van der Waals surface area (Å²) in [5.41, 5.74) is 0.769. The molecule has 0 radical (unpaired) electrons. The molecule has 0 unspecified atom stereocenters. The number of methoxy groups -OCH3 is 1. The molecule has 4 fully saturated rings. The van der Waals surface area contributed by atoms with E-state index in [2.05, 4.69) is 10.2 Å². The maximum absolute atomic E-state index is 12.7. The van der Waals surface area contributed by atoms with Crippen molar-refractivity contribution in [1.82, 2.24) is 10.2 Å². The van der Waals surface area contributed by atoms with Crippen LogP contribution in [0.1, 0.15) is 61.7 Å². The second-order valence-corrected chi connectivity index (χ2v) is 10.2. The number of carbonyl (C=O) groups is 1. The van der Waals surface area contributed by atoms with Crippen LogP contribution in [0, 0.1) is 17.8 Å². The van der Waals surface area contributed by atoms with Crippen LogP contribution in [0.2, 0.25) is 0 Å². The molecule has 0 amide bonds. The first-order valence-electron chi connectivity index (χ1n) is 10.2. The van der Waals surface area contributed by atoms with Gasteiger partial charge in [0.2, 0.25) is 5.89 Å². The fraction of sp³-hybridized carbons (Fsp3) is 0.591. The SMILES string of the molecule is COc1ccc(C(=O)[C@@H](C)Sc2nnc(C34CC5CC(CC(C5)C3)C4)o2)cc1. The third-order valence-electron chi connectivity index (χ3n) is 6.92. The number of hydrogen-bond acceptors (Lipinski definition) is 6. The Bertz CT molecular complexity index is 841. The predicted octanol–water partition coefficient (Wildman–Crippen LogP) is 4.91. The summed E-state index contributed by atoms with van der Waals surface area (Å²) in [5, 5.41) is 8.97. The monoisotopic (exact) mass is 398 g/mol. The van der Waals surface area contributed by atoms with Gasteiger partial charge in [0, 0.05) is 11.0 Å². The first kappa shape index (κ1) is 18.2. The Morgan fingerprint density at radius 3 is 2.29 bits per heavy atom. The van der Waals surface area contributed by atoms with E-state index in [1.807, 2.05) is 19.1 Å². The average Bonchev–Trinajstić information content (AvgIpc) is 3.16. The maximum Gasteiger partial charge on any atom is 0.277 e. The standard InChI is InChI=1S/C22H26N2O3S/c1-13(19(25)17-3-5-18(26-2)6-4-17)28-21-24-23-20(27-21)22-10-14-7-15(11-22)9-16(8-14)12-22/h3-6,13-16H,7-12H2,1-2H3/t13-,14?,15?,16?,22?/m1/s1. The van der Waals surface area contributed by atoms with Crippen LogP contribution in [-0.4, -0.2) is 28.3 Å². The van der Waals surface area contributed by atoms with Crippen LogP contribution in [0.4, 0.5) is 0 Å². The van der Waals surface area contributed by atoms with Crippen LogP contribution in [-0.2, 0) is 5.41 Å². The van der Waals surface area contributed by atoms with Crippen molar-refractivity contribution in [3.05, 3.63) is 35.7 Å². The van der Waals surface area contributed by atoms with Gasteiger partial charge in [-0.15, -0.1) is 10.2 Å². The van der Waals surface area contributed by atoms with Gasteiger partial charge in [0.05, 0.1) is 12.4 Å². The smallest absolute Gasteiger partial charge is 0.277 e. The number of carbonyl (C=O) groups excluding carboxylic acids is 1. The number of ketones is 1. The van der Waals surface area contributed by atoms with Crippen molar-refractivity contribution in [2.24, 2.45) is 17.8 Å². The topological polar surface area (TPSA) is 65.2 Å². The molecule has 0 saturated heterocycles. The van der Waals surface area contributed by atoms with Crippen molar-refractivity contribution in [2.75, 3.05) is 7.11 Å². The van der Waals surface area contributed by atoms with Crippen molar-refractivity contribution in [3.8, 4) is 5.75 Å². The Kier molecular flexibility index (Phi) is 4.49. The van der Waals surface area contributed by atoms with Crippen molar-refractivity contribution in [2.45, 2.75) is 61.3 Å². The van der Waals surface area contributed by atoms with Crippen molar-refractivity contribution in [1.29, 1.82) is 0 Å². The second-order valence-electron chi connectivity index (χ2n) is 8.92. The molecule has 148 valence electrons. The molecule has 4 bridgehead atoms. The molecule has 4 aliphatic rings. The number of hydrogen-bond donors (Lipinski definition) is 0. The number of rotatable bonds is 6. The van der Waals surface area contributed by atoms with Gasteiger partial charge in [0.15, 0.2) is 5.78 Å². The number of benzene rings is 1. The van der Waals surface area contributed by atoms with E-state index in [1.165, 1.54) is 50.3 Å². The number of Topliss-reactive ketones (excluding diaryl/α,β-unsaturated/α-hetero) is 1. The maximum atomic E-state index is 12.7. The first-order valence-corrected chi connectivity index (χ1v) is 11.1. The van der Waals surface area contributed by atoms with Gasteiger partial charge in [0.25, 0.3) is 5.22 Å². The highest BCUT2D eigenvalue weighted by Gasteiger charge is 2.54. The van der Waals surface area contributed by atoms with Crippen LogP contribution >= 0.6 is 11.8 Å². The fourth-order valence-corrected chi connectivity index (χ4v) is 6.80. The lowest BCUT2D eigenvalue weighted by molar-refractivity contribution is -0.0191. The van der Waals surface area contributed by atoms with Crippen molar-refractivity contribution in [3.63, 3.8) is 0 Å². The average molecular weight is 399 g/mol. The summed E-state index contributed by atoms with van der Waals surface area (Å²) < 4.78 is 11.3. The quantitative estimate of drug-likeness (QED) is 0.509. The minimum Gasteiger partial charge on any atom is -0.497 e. The van der Waals surface area contributed by atoms with E-state index in [4.69, 9.17) is 9.15 Å². The molecular formula is C22H26N2O3S. The Labute approximate surface area is 169 Å². The van der Waals surface area contributed by atoms with Gasteiger partial charge in [0.1, 0.15) is 5.75 Å². The van der Waals surface area contributed by atoms with E-state index in [9.17, 15) is 4.79 Å².